The average Bonchev–Trinajstić information content (AvgIpc) is 3.24. The molecule has 1 saturated heterocycles. The first-order chi connectivity index (χ1) is 11.3. The minimum absolute atomic E-state index is 0.155. The second kappa shape index (κ2) is 5.83. The van der Waals surface area contributed by atoms with Crippen LogP contribution in [0.4, 0.5) is 0 Å². The number of rotatable bonds is 3. The Labute approximate surface area is 134 Å². The number of aromatic nitrogens is 3. The highest BCUT2D eigenvalue weighted by Crippen LogP contribution is 2.23. The van der Waals surface area contributed by atoms with E-state index in [4.69, 9.17) is 4.98 Å². The van der Waals surface area contributed by atoms with E-state index in [1.54, 1.807) is 6.20 Å². The molecule has 116 valence electrons. The maximum Gasteiger partial charge on any atom is 0.242 e. The van der Waals surface area contributed by atoms with E-state index < -0.39 is 0 Å². The summed E-state index contributed by atoms with van der Waals surface area (Å²) < 4.78 is 1.98. The number of pyridine rings is 1. The van der Waals surface area contributed by atoms with Gasteiger partial charge < -0.3 is 9.47 Å². The van der Waals surface area contributed by atoms with Gasteiger partial charge in [0.05, 0.1) is 11.0 Å². The zero-order chi connectivity index (χ0) is 15.6. The van der Waals surface area contributed by atoms with E-state index in [1.807, 2.05) is 51.9 Å². The summed E-state index contributed by atoms with van der Waals surface area (Å²) in [7, 11) is 0. The normalized spacial score (nSPS) is 14.5. The molecular formula is C18H18N4O. The number of fused-ring (bicyclic) bond motifs is 1. The zero-order valence-corrected chi connectivity index (χ0v) is 12.9. The summed E-state index contributed by atoms with van der Waals surface area (Å²) in [6.45, 7) is 2.04. The van der Waals surface area contributed by atoms with Gasteiger partial charge in [0.2, 0.25) is 5.91 Å². The van der Waals surface area contributed by atoms with E-state index >= 15 is 0 Å². The van der Waals surface area contributed by atoms with Crippen molar-refractivity contribution < 1.29 is 4.79 Å². The molecule has 0 spiro atoms. The largest absolute Gasteiger partial charge is 0.341 e. The Hall–Kier alpha value is -2.69. The molecule has 1 aromatic carbocycles. The van der Waals surface area contributed by atoms with Gasteiger partial charge in [-0.3, -0.25) is 9.78 Å². The molecule has 5 nitrogen and oxygen atoms in total. The van der Waals surface area contributed by atoms with Crippen molar-refractivity contribution >= 4 is 16.9 Å². The lowest BCUT2D eigenvalue weighted by Gasteiger charge is -2.17. The standard InChI is InChI=1S/C18H18N4O/c23-17(21-11-5-6-12-21)13-22-16-9-2-1-7-14(16)20-18(22)15-8-3-4-10-19-15/h1-4,7-10H,5-6,11-13H2. The van der Waals surface area contributed by atoms with Crippen LogP contribution < -0.4 is 0 Å². The first kappa shape index (κ1) is 13.9. The molecule has 4 rings (SSSR count). The third-order valence-corrected chi connectivity index (χ3v) is 4.30. The summed E-state index contributed by atoms with van der Waals surface area (Å²) in [6, 6.07) is 13.7. The van der Waals surface area contributed by atoms with E-state index in [1.165, 1.54) is 0 Å². The highest BCUT2D eigenvalue weighted by atomic mass is 16.2. The van der Waals surface area contributed by atoms with Crippen LogP contribution in [0.25, 0.3) is 22.6 Å². The summed E-state index contributed by atoms with van der Waals surface area (Å²) in [5, 5.41) is 0. The van der Waals surface area contributed by atoms with Crippen LogP contribution in [0.5, 0.6) is 0 Å². The Balaban J connectivity index is 1.78. The second-order valence-electron chi connectivity index (χ2n) is 5.81. The van der Waals surface area contributed by atoms with E-state index in [-0.39, 0.29) is 5.91 Å². The fourth-order valence-electron chi connectivity index (χ4n) is 3.13. The van der Waals surface area contributed by atoms with Gasteiger partial charge in [-0.05, 0) is 37.1 Å². The van der Waals surface area contributed by atoms with Gasteiger partial charge >= 0.3 is 0 Å². The Morgan fingerprint density at radius 3 is 2.61 bits per heavy atom. The number of imidazole rings is 1. The van der Waals surface area contributed by atoms with E-state index in [0.29, 0.717) is 6.54 Å². The van der Waals surface area contributed by atoms with Gasteiger partial charge in [0.25, 0.3) is 0 Å². The smallest absolute Gasteiger partial charge is 0.242 e. The molecule has 2 aromatic heterocycles. The Bertz CT molecular complexity index is 835. The molecule has 0 atom stereocenters. The van der Waals surface area contributed by atoms with Crippen molar-refractivity contribution in [2.45, 2.75) is 19.4 Å². The lowest BCUT2D eigenvalue weighted by molar-refractivity contribution is -0.130. The molecule has 0 aliphatic carbocycles. The number of amides is 1. The highest BCUT2D eigenvalue weighted by Gasteiger charge is 2.21. The Kier molecular flexibility index (Phi) is 3.54. The van der Waals surface area contributed by atoms with E-state index in [9.17, 15) is 4.79 Å². The number of hydrogen-bond acceptors (Lipinski definition) is 3. The van der Waals surface area contributed by atoms with Crippen LogP contribution in [-0.4, -0.2) is 38.4 Å². The monoisotopic (exact) mass is 306 g/mol. The third kappa shape index (κ3) is 2.59. The first-order valence-electron chi connectivity index (χ1n) is 7.97. The Morgan fingerprint density at radius 2 is 1.83 bits per heavy atom. The number of carbonyl (C=O) groups is 1. The molecule has 0 radical (unpaired) electrons. The van der Waals surface area contributed by atoms with Gasteiger partial charge in [0, 0.05) is 19.3 Å². The number of likely N-dealkylation sites (tertiary alicyclic amines) is 1. The van der Waals surface area contributed by atoms with Crippen molar-refractivity contribution in [3.63, 3.8) is 0 Å². The molecule has 0 saturated carbocycles. The van der Waals surface area contributed by atoms with E-state index in [2.05, 4.69) is 4.98 Å². The molecular weight excluding hydrogens is 288 g/mol. The SMILES string of the molecule is O=C(Cn1c(-c2ccccn2)nc2ccccc21)N1CCCC1. The van der Waals surface area contributed by atoms with Gasteiger partial charge in [-0.15, -0.1) is 0 Å². The number of carbonyl (C=O) groups excluding carboxylic acids is 1. The maximum absolute atomic E-state index is 12.6. The Morgan fingerprint density at radius 1 is 1.04 bits per heavy atom. The first-order valence-corrected chi connectivity index (χ1v) is 7.97. The van der Waals surface area contributed by atoms with E-state index in [0.717, 1.165) is 48.5 Å². The van der Waals surface area contributed by atoms with Crippen molar-refractivity contribution in [3.8, 4) is 11.5 Å². The molecule has 5 heteroatoms. The maximum atomic E-state index is 12.6. The molecule has 1 amide bonds. The van der Waals surface area contributed by atoms with Gasteiger partial charge in [0.15, 0.2) is 5.82 Å². The van der Waals surface area contributed by atoms with Crippen LogP contribution in [0.1, 0.15) is 12.8 Å². The number of hydrogen-bond donors (Lipinski definition) is 0. The zero-order valence-electron chi connectivity index (χ0n) is 12.9. The minimum atomic E-state index is 0.155. The topological polar surface area (TPSA) is 51.0 Å². The van der Waals surface area contributed by atoms with Crippen LogP contribution >= 0.6 is 0 Å². The summed E-state index contributed by atoms with van der Waals surface area (Å²) >= 11 is 0. The van der Waals surface area contributed by atoms with Crippen LogP contribution in [-0.2, 0) is 11.3 Å². The molecule has 1 aliphatic rings. The van der Waals surface area contributed by atoms with Gasteiger partial charge in [-0.1, -0.05) is 18.2 Å². The molecule has 3 heterocycles. The predicted molar refractivity (Wildman–Crippen MR) is 88.8 cm³/mol. The van der Waals surface area contributed by atoms with Gasteiger partial charge in [0.1, 0.15) is 12.2 Å². The van der Waals surface area contributed by atoms with Crippen molar-refractivity contribution in [3.05, 3.63) is 48.7 Å². The predicted octanol–water partition coefficient (Wildman–Crippen LogP) is 2.72. The lowest BCUT2D eigenvalue weighted by Crippen LogP contribution is -2.31. The van der Waals surface area contributed by atoms with Crippen LogP contribution in [0.2, 0.25) is 0 Å². The number of nitrogens with zero attached hydrogens (tertiary/aromatic N) is 4. The molecule has 0 bridgehead atoms. The molecule has 1 fully saturated rings. The van der Waals surface area contributed by atoms with Crippen LogP contribution in [0, 0.1) is 0 Å². The van der Waals surface area contributed by atoms with Crippen molar-refractivity contribution in [2.24, 2.45) is 0 Å². The summed E-state index contributed by atoms with van der Waals surface area (Å²) in [5.41, 5.74) is 2.65. The van der Waals surface area contributed by atoms with Crippen molar-refractivity contribution in [2.75, 3.05) is 13.1 Å². The van der Waals surface area contributed by atoms with Crippen molar-refractivity contribution in [1.29, 1.82) is 0 Å². The summed E-state index contributed by atoms with van der Waals surface area (Å²) in [4.78, 5) is 23.6. The quantitative estimate of drug-likeness (QED) is 0.747. The lowest BCUT2D eigenvalue weighted by atomic mass is 10.3. The van der Waals surface area contributed by atoms with Crippen LogP contribution in [0.15, 0.2) is 48.7 Å². The molecule has 0 N–H and O–H groups in total. The minimum Gasteiger partial charge on any atom is -0.341 e. The molecule has 0 unspecified atom stereocenters. The molecule has 23 heavy (non-hydrogen) atoms. The number of para-hydroxylation sites is 2. The van der Waals surface area contributed by atoms with Crippen molar-refractivity contribution in [1.82, 2.24) is 19.4 Å². The van der Waals surface area contributed by atoms with Gasteiger partial charge in [-0.25, -0.2) is 4.98 Å². The fourth-order valence-corrected chi connectivity index (χ4v) is 3.13. The summed E-state index contributed by atoms with van der Waals surface area (Å²) in [5.74, 6) is 0.905. The molecule has 1 aliphatic heterocycles. The molecule has 3 aromatic rings. The van der Waals surface area contributed by atoms with Gasteiger partial charge in [-0.2, -0.15) is 0 Å². The number of benzene rings is 1. The fraction of sp³-hybridized carbons (Fsp3) is 0.278. The highest BCUT2D eigenvalue weighted by molar-refractivity contribution is 5.84. The summed E-state index contributed by atoms with van der Waals surface area (Å²) in [6.07, 6.45) is 3.95. The van der Waals surface area contributed by atoms with Crippen LogP contribution in [0.3, 0.4) is 0 Å². The average molecular weight is 306 g/mol. The third-order valence-electron chi connectivity index (χ3n) is 4.30. The second-order valence-corrected chi connectivity index (χ2v) is 5.81.